The number of rotatable bonds is 17. The molecule has 6 nitrogen and oxygen atoms in total. The van der Waals surface area contributed by atoms with E-state index in [1.54, 1.807) is 12.3 Å². The number of carbonyl (C=O) groups excluding carboxylic acids is 1. The van der Waals surface area contributed by atoms with E-state index >= 15 is 0 Å². The number of unbranched alkanes of at least 4 members (excludes halogenated alkanes) is 6. The Labute approximate surface area is 204 Å². The molecule has 2 aromatic rings. The quantitative estimate of drug-likeness (QED) is 0.212. The van der Waals surface area contributed by atoms with Crippen LogP contribution in [0.5, 0.6) is 5.75 Å². The molecule has 0 saturated heterocycles. The predicted molar refractivity (Wildman–Crippen MR) is 135 cm³/mol. The molecule has 2 rings (SSSR count). The third-order valence-corrected chi connectivity index (χ3v) is 5.99. The minimum absolute atomic E-state index is 0.199. The van der Waals surface area contributed by atoms with Crippen LogP contribution >= 0.6 is 0 Å². The number of aromatic carboxylic acids is 1. The number of carboxylic acids is 1. The second-order valence-corrected chi connectivity index (χ2v) is 8.94. The maximum atomic E-state index is 11.7. The van der Waals surface area contributed by atoms with Crippen molar-refractivity contribution in [3.8, 4) is 5.75 Å². The Morgan fingerprint density at radius 3 is 2.24 bits per heavy atom. The van der Waals surface area contributed by atoms with Crippen LogP contribution in [0.2, 0.25) is 0 Å². The average molecular weight is 472 g/mol. The highest BCUT2D eigenvalue weighted by molar-refractivity contribution is 5.89. The van der Waals surface area contributed by atoms with E-state index in [0.717, 1.165) is 30.7 Å². The van der Waals surface area contributed by atoms with Gasteiger partial charge >= 0.3 is 11.9 Å². The summed E-state index contributed by atoms with van der Waals surface area (Å²) in [5.41, 5.74) is 2.36. The van der Waals surface area contributed by atoms with Crippen molar-refractivity contribution in [2.24, 2.45) is 0 Å². The Hall–Kier alpha value is -2.76. The first kappa shape index (κ1) is 27.5. The first-order chi connectivity index (χ1) is 16.4. The van der Waals surface area contributed by atoms with E-state index in [9.17, 15) is 14.7 Å². The number of carbonyl (C=O) groups is 2. The molecule has 1 atom stereocenters. The third kappa shape index (κ3) is 9.62. The summed E-state index contributed by atoms with van der Waals surface area (Å²) in [4.78, 5) is 23.3. The molecule has 0 bridgehead atoms. The van der Waals surface area contributed by atoms with Crippen molar-refractivity contribution in [3.05, 3.63) is 53.3 Å². The van der Waals surface area contributed by atoms with Crippen molar-refractivity contribution < 1.29 is 24.2 Å². The van der Waals surface area contributed by atoms with Crippen molar-refractivity contribution in [2.75, 3.05) is 6.61 Å². The molecule has 188 valence electrons. The fourth-order valence-corrected chi connectivity index (χ4v) is 4.12. The number of ether oxygens (including phenoxy) is 2. The van der Waals surface area contributed by atoms with Crippen molar-refractivity contribution in [1.82, 2.24) is 4.57 Å². The average Bonchev–Trinajstić information content (AvgIpc) is 3.21. The van der Waals surface area contributed by atoms with E-state index < -0.39 is 12.1 Å². The minimum Gasteiger partial charge on any atom is -0.490 e. The topological polar surface area (TPSA) is 77.8 Å². The van der Waals surface area contributed by atoms with Crippen LogP contribution in [0.25, 0.3) is 0 Å². The SMILES string of the molecule is CCCCCCCCc1ccc(OCC(Cn2ccc(C(=O)O)c2CCCC)OC(C)=O)cc1. The van der Waals surface area contributed by atoms with Crippen LogP contribution in [0.1, 0.15) is 93.8 Å². The van der Waals surface area contributed by atoms with Crippen molar-refractivity contribution in [3.63, 3.8) is 0 Å². The molecule has 1 aromatic heterocycles. The largest absolute Gasteiger partial charge is 0.490 e. The highest BCUT2D eigenvalue weighted by Crippen LogP contribution is 2.18. The van der Waals surface area contributed by atoms with Gasteiger partial charge in [0.2, 0.25) is 0 Å². The number of hydrogen-bond acceptors (Lipinski definition) is 4. The van der Waals surface area contributed by atoms with E-state index in [1.807, 2.05) is 16.7 Å². The van der Waals surface area contributed by atoms with E-state index in [2.05, 4.69) is 26.0 Å². The van der Waals surface area contributed by atoms with Gasteiger partial charge in [-0.3, -0.25) is 4.79 Å². The fraction of sp³-hybridized carbons (Fsp3) is 0.571. The summed E-state index contributed by atoms with van der Waals surface area (Å²) in [7, 11) is 0. The summed E-state index contributed by atoms with van der Waals surface area (Å²) in [6, 6.07) is 9.72. The normalized spacial score (nSPS) is 11.9. The van der Waals surface area contributed by atoms with E-state index in [0.29, 0.717) is 18.5 Å². The van der Waals surface area contributed by atoms with Gasteiger partial charge in [-0.25, -0.2) is 4.79 Å². The molecular formula is C28H41NO5. The zero-order chi connectivity index (χ0) is 24.8. The maximum absolute atomic E-state index is 11.7. The lowest BCUT2D eigenvalue weighted by molar-refractivity contribution is -0.148. The van der Waals surface area contributed by atoms with Crippen LogP contribution in [-0.4, -0.2) is 34.3 Å². The summed E-state index contributed by atoms with van der Waals surface area (Å²) in [6.45, 7) is 6.23. The van der Waals surface area contributed by atoms with Crippen LogP contribution in [0.3, 0.4) is 0 Å². The summed E-state index contributed by atoms with van der Waals surface area (Å²) in [6.07, 6.45) is 12.5. The van der Waals surface area contributed by atoms with Crippen LogP contribution < -0.4 is 4.74 Å². The van der Waals surface area contributed by atoms with Gasteiger partial charge in [0.1, 0.15) is 12.4 Å². The van der Waals surface area contributed by atoms with Gasteiger partial charge in [0.05, 0.1) is 12.1 Å². The molecule has 34 heavy (non-hydrogen) atoms. The Bertz CT molecular complexity index is 871. The molecule has 0 aliphatic carbocycles. The van der Waals surface area contributed by atoms with Crippen LogP contribution in [0.4, 0.5) is 0 Å². The second-order valence-electron chi connectivity index (χ2n) is 8.94. The summed E-state index contributed by atoms with van der Waals surface area (Å²) >= 11 is 0. The standard InChI is InChI=1S/C28H41NO5/c1-4-6-8-9-10-11-12-23-14-16-24(17-15-23)33-21-25(34-22(3)30)20-29-19-18-26(28(31)32)27(29)13-7-5-2/h14-19,25H,4-13,20-21H2,1-3H3,(H,31,32). The predicted octanol–water partition coefficient (Wildman–Crippen LogP) is 6.44. The molecule has 0 spiro atoms. The molecule has 0 radical (unpaired) electrons. The van der Waals surface area contributed by atoms with Gasteiger partial charge in [-0.15, -0.1) is 0 Å². The smallest absolute Gasteiger partial charge is 0.337 e. The number of benzene rings is 1. The lowest BCUT2D eigenvalue weighted by atomic mass is 10.0. The Morgan fingerprint density at radius 1 is 0.912 bits per heavy atom. The van der Waals surface area contributed by atoms with Gasteiger partial charge in [-0.1, -0.05) is 64.5 Å². The Balaban J connectivity index is 1.93. The number of hydrogen-bond donors (Lipinski definition) is 1. The lowest BCUT2D eigenvalue weighted by Crippen LogP contribution is -2.29. The first-order valence-corrected chi connectivity index (χ1v) is 12.7. The summed E-state index contributed by atoms with van der Waals surface area (Å²) in [5.74, 6) is -0.594. The summed E-state index contributed by atoms with van der Waals surface area (Å²) < 4.78 is 13.3. The Morgan fingerprint density at radius 2 is 1.59 bits per heavy atom. The van der Waals surface area contributed by atoms with Crippen molar-refractivity contribution in [2.45, 2.75) is 97.6 Å². The van der Waals surface area contributed by atoms with Gasteiger partial charge in [-0.05, 0) is 49.4 Å². The monoisotopic (exact) mass is 471 g/mol. The van der Waals surface area contributed by atoms with Crippen LogP contribution in [0, 0.1) is 0 Å². The highest BCUT2D eigenvalue weighted by atomic mass is 16.6. The highest BCUT2D eigenvalue weighted by Gasteiger charge is 2.20. The van der Waals surface area contributed by atoms with Crippen LogP contribution in [-0.2, 0) is 28.9 Å². The Kier molecular flexibility index (Phi) is 12.3. The lowest BCUT2D eigenvalue weighted by Gasteiger charge is -2.20. The molecule has 6 heteroatoms. The van der Waals surface area contributed by atoms with Gasteiger partial charge in [0.25, 0.3) is 0 Å². The van der Waals surface area contributed by atoms with Crippen LogP contribution in [0.15, 0.2) is 36.5 Å². The fourth-order valence-electron chi connectivity index (χ4n) is 4.12. The molecule has 0 saturated carbocycles. The molecule has 1 heterocycles. The number of aromatic nitrogens is 1. The van der Waals surface area contributed by atoms with E-state index in [1.165, 1.54) is 51.0 Å². The van der Waals surface area contributed by atoms with Gasteiger partial charge < -0.3 is 19.1 Å². The molecule has 0 aliphatic heterocycles. The molecule has 0 amide bonds. The van der Waals surface area contributed by atoms with Gasteiger partial charge in [-0.2, -0.15) is 0 Å². The number of esters is 1. The summed E-state index contributed by atoms with van der Waals surface area (Å²) in [5, 5.41) is 9.51. The number of carboxylic acid groups (broad SMARTS) is 1. The third-order valence-electron chi connectivity index (χ3n) is 5.99. The van der Waals surface area contributed by atoms with Crippen molar-refractivity contribution in [1.29, 1.82) is 0 Å². The van der Waals surface area contributed by atoms with E-state index in [4.69, 9.17) is 9.47 Å². The zero-order valence-electron chi connectivity index (χ0n) is 21.1. The number of aryl methyl sites for hydroxylation is 1. The molecule has 1 unspecified atom stereocenters. The molecular weight excluding hydrogens is 430 g/mol. The molecule has 0 aliphatic rings. The molecule has 1 aromatic carbocycles. The van der Waals surface area contributed by atoms with Gasteiger partial charge in [0.15, 0.2) is 6.10 Å². The number of nitrogens with zero attached hydrogens (tertiary/aromatic N) is 1. The maximum Gasteiger partial charge on any atom is 0.337 e. The zero-order valence-corrected chi connectivity index (χ0v) is 21.1. The van der Waals surface area contributed by atoms with E-state index in [-0.39, 0.29) is 12.6 Å². The first-order valence-electron chi connectivity index (χ1n) is 12.7. The van der Waals surface area contributed by atoms with Crippen molar-refractivity contribution >= 4 is 11.9 Å². The van der Waals surface area contributed by atoms with Gasteiger partial charge in [0, 0.05) is 18.8 Å². The minimum atomic E-state index is -0.939. The second kappa shape index (κ2) is 15.2. The molecule has 1 N–H and O–H groups in total. The molecule has 0 fully saturated rings.